The number of likely N-dealkylation sites (N-methyl/N-ethyl adjacent to an activating group) is 1. The van der Waals surface area contributed by atoms with Crippen LogP contribution in [0.2, 0.25) is 0 Å². The largest absolute Gasteiger partial charge is 0.496 e. The van der Waals surface area contributed by atoms with Crippen molar-refractivity contribution in [1.82, 2.24) is 4.90 Å². The number of ether oxygens (including phenoxy) is 1. The van der Waals surface area contributed by atoms with E-state index in [4.69, 9.17) is 9.84 Å². The lowest BCUT2D eigenvalue weighted by Crippen LogP contribution is -2.27. The summed E-state index contributed by atoms with van der Waals surface area (Å²) in [7, 11) is 3.49. The Bertz CT molecular complexity index is 404. The fraction of sp³-hybridized carbons (Fsp3) is 0.500. The predicted octanol–water partition coefficient (Wildman–Crippen LogP) is 1.82. The lowest BCUT2D eigenvalue weighted by molar-refractivity contribution is -0.137. The van der Waals surface area contributed by atoms with Crippen LogP contribution in [-0.2, 0) is 17.6 Å². The third-order valence-corrected chi connectivity index (χ3v) is 2.91. The Balaban J connectivity index is 2.60. The molecule has 0 aromatic heterocycles. The molecule has 0 aliphatic heterocycles. The number of rotatable bonds is 7. The fourth-order valence-electron chi connectivity index (χ4n) is 1.89. The van der Waals surface area contributed by atoms with Crippen LogP contribution in [0.25, 0.3) is 0 Å². The zero-order valence-corrected chi connectivity index (χ0v) is 11.3. The van der Waals surface area contributed by atoms with Crippen LogP contribution in [0, 0.1) is 0 Å². The number of carboxylic acids is 1. The molecule has 0 aliphatic rings. The van der Waals surface area contributed by atoms with Gasteiger partial charge in [-0.2, -0.15) is 0 Å². The molecule has 0 saturated heterocycles. The Hall–Kier alpha value is -1.55. The second-order valence-corrected chi connectivity index (χ2v) is 4.38. The standard InChI is InChI=1S/C14H21NO3/c1-4-12-9-11(5-6-13(12)18-3)7-8-15(2)10-14(16)17/h5-6,9H,4,7-8,10H2,1-3H3,(H,16,17). The van der Waals surface area contributed by atoms with Gasteiger partial charge in [0, 0.05) is 6.54 Å². The highest BCUT2D eigenvalue weighted by molar-refractivity contribution is 5.69. The first-order valence-electron chi connectivity index (χ1n) is 6.13. The number of carbonyl (C=O) groups is 1. The molecule has 1 N–H and O–H groups in total. The maximum Gasteiger partial charge on any atom is 0.317 e. The second-order valence-electron chi connectivity index (χ2n) is 4.38. The lowest BCUT2D eigenvalue weighted by Gasteiger charge is -2.14. The van der Waals surface area contributed by atoms with E-state index >= 15 is 0 Å². The number of benzene rings is 1. The predicted molar refractivity (Wildman–Crippen MR) is 71.2 cm³/mol. The lowest BCUT2D eigenvalue weighted by atomic mass is 10.1. The minimum atomic E-state index is -0.790. The molecule has 1 aromatic rings. The summed E-state index contributed by atoms with van der Waals surface area (Å²) in [6, 6.07) is 6.14. The van der Waals surface area contributed by atoms with Crippen molar-refractivity contribution < 1.29 is 14.6 Å². The van der Waals surface area contributed by atoms with Gasteiger partial charge in [0.1, 0.15) is 5.75 Å². The van der Waals surface area contributed by atoms with Gasteiger partial charge in [-0.05, 0) is 37.1 Å². The van der Waals surface area contributed by atoms with Crippen LogP contribution in [0.4, 0.5) is 0 Å². The molecule has 0 amide bonds. The van der Waals surface area contributed by atoms with Crippen molar-refractivity contribution in [3.05, 3.63) is 29.3 Å². The third kappa shape index (κ3) is 4.37. The number of aliphatic carboxylic acids is 1. The maximum absolute atomic E-state index is 10.5. The molecular formula is C14H21NO3. The highest BCUT2D eigenvalue weighted by Gasteiger charge is 2.06. The normalized spacial score (nSPS) is 10.7. The van der Waals surface area contributed by atoms with Gasteiger partial charge in [0.25, 0.3) is 0 Å². The molecule has 0 bridgehead atoms. The highest BCUT2D eigenvalue weighted by atomic mass is 16.5. The average molecular weight is 251 g/mol. The summed E-state index contributed by atoms with van der Waals surface area (Å²) in [5, 5.41) is 8.67. The van der Waals surface area contributed by atoms with E-state index in [1.165, 1.54) is 11.1 Å². The summed E-state index contributed by atoms with van der Waals surface area (Å²) in [6.45, 7) is 2.91. The van der Waals surface area contributed by atoms with Gasteiger partial charge >= 0.3 is 5.97 Å². The van der Waals surface area contributed by atoms with Crippen molar-refractivity contribution in [1.29, 1.82) is 0 Å². The Labute approximate surface area is 108 Å². The van der Waals surface area contributed by atoms with E-state index in [1.807, 2.05) is 19.2 Å². The van der Waals surface area contributed by atoms with Crippen LogP contribution in [-0.4, -0.2) is 43.2 Å². The van der Waals surface area contributed by atoms with Gasteiger partial charge in [-0.25, -0.2) is 0 Å². The molecule has 0 aliphatic carbocycles. The molecular weight excluding hydrogens is 230 g/mol. The summed E-state index contributed by atoms with van der Waals surface area (Å²) in [4.78, 5) is 12.4. The van der Waals surface area contributed by atoms with Gasteiger partial charge in [0.15, 0.2) is 0 Å². The first kappa shape index (κ1) is 14.5. The van der Waals surface area contributed by atoms with Gasteiger partial charge in [-0.15, -0.1) is 0 Å². The number of hydrogen-bond acceptors (Lipinski definition) is 3. The number of carboxylic acid groups (broad SMARTS) is 1. The van der Waals surface area contributed by atoms with E-state index in [-0.39, 0.29) is 6.54 Å². The molecule has 4 heteroatoms. The molecule has 100 valence electrons. The van der Waals surface area contributed by atoms with E-state index < -0.39 is 5.97 Å². The molecule has 4 nitrogen and oxygen atoms in total. The molecule has 0 unspecified atom stereocenters. The van der Waals surface area contributed by atoms with Crippen molar-refractivity contribution >= 4 is 5.97 Å². The van der Waals surface area contributed by atoms with Crippen molar-refractivity contribution in [2.24, 2.45) is 0 Å². The molecule has 1 aromatic carbocycles. The Morgan fingerprint density at radius 2 is 2.17 bits per heavy atom. The monoisotopic (exact) mass is 251 g/mol. The summed E-state index contributed by atoms with van der Waals surface area (Å²) in [5.41, 5.74) is 2.40. The zero-order valence-electron chi connectivity index (χ0n) is 11.3. The van der Waals surface area contributed by atoms with Crippen LogP contribution >= 0.6 is 0 Å². The Morgan fingerprint density at radius 1 is 1.44 bits per heavy atom. The van der Waals surface area contributed by atoms with Crippen molar-refractivity contribution in [3.63, 3.8) is 0 Å². The average Bonchev–Trinajstić information content (AvgIpc) is 2.35. The zero-order chi connectivity index (χ0) is 13.5. The molecule has 1 rings (SSSR count). The van der Waals surface area contributed by atoms with E-state index in [2.05, 4.69) is 13.0 Å². The summed E-state index contributed by atoms with van der Waals surface area (Å²) in [5.74, 6) is 0.126. The van der Waals surface area contributed by atoms with Crippen LogP contribution in [0.5, 0.6) is 5.75 Å². The number of aryl methyl sites for hydroxylation is 1. The van der Waals surface area contributed by atoms with Crippen LogP contribution in [0.1, 0.15) is 18.1 Å². The van der Waals surface area contributed by atoms with Crippen molar-refractivity contribution in [3.8, 4) is 5.75 Å². The molecule has 0 atom stereocenters. The molecule has 0 radical (unpaired) electrons. The van der Waals surface area contributed by atoms with E-state index in [9.17, 15) is 4.79 Å². The fourth-order valence-corrected chi connectivity index (χ4v) is 1.89. The Kier molecular flexibility index (Phi) is 5.65. The molecule has 0 fully saturated rings. The van der Waals surface area contributed by atoms with E-state index in [0.717, 1.165) is 25.1 Å². The van der Waals surface area contributed by atoms with Gasteiger partial charge in [0.2, 0.25) is 0 Å². The number of methoxy groups -OCH3 is 1. The van der Waals surface area contributed by atoms with Gasteiger partial charge < -0.3 is 9.84 Å². The quantitative estimate of drug-likeness (QED) is 0.803. The van der Waals surface area contributed by atoms with Gasteiger partial charge in [0.05, 0.1) is 13.7 Å². The number of nitrogens with zero attached hydrogens (tertiary/aromatic N) is 1. The minimum absolute atomic E-state index is 0.0801. The smallest absolute Gasteiger partial charge is 0.317 e. The van der Waals surface area contributed by atoms with Crippen molar-refractivity contribution in [2.75, 3.05) is 27.2 Å². The summed E-state index contributed by atoms with van der Waals surface area (Å²) < 4.78 is 5.28. The molecule has 0 spiro atoms. The topological polar surface area (TPSA) is 49.8 Å². The first-order valence-corrected chi connectivity index (χ1v) is 6.13. The second kappa shape index (κ2) is 7.01. The van der Waals surface area contributed by atoms with Gasteiger partial charge in [-0.3, -0.25) is 9.69 Å². The third-order valence-electron chi connectivity index (χ3n) is 2.91. The Morgan fingerprint density at radius 3 is 2.72 bits per heavy atom. The summed E-state index contributed by atoms with van der Waals surface area (Å²) in [6.07, 6.45) is 1.78. The van der Waals surface area contributed by atoms with E-state index in [1.54, 1.807) is 12.0 Å². The van der Waals surface area contributed by atoms with Crippen molar-refractivity contribution in [2.45, 2.75) is 19.8 Å². The van der Waals surface area contributed by atoms with Crippen LogP contribution < -0.4 is 4.74 Å². The minimum Gasteiger partial charge on any atom is -0.496 e. The van der Waals surface area contributed by atoms with Gasteiger partial charge in [-0.1, -0.05) is 19.1 Å². The molecule has 0 saturated carbocycles. The van der Waals surface area contributed by atoms with E-state index in [0.29, 0.717) is 0 Å². The summed E-state index contributed by atoms with van der Waals surface area (Å²) >= 11 is 0. The number of hydrogen-bond donors (Lipinski definition) is 1. The SMILES string of the molecule is CCc1cc(CCN(C)CC(=O)O)ccc1OC. The van der Waals surface area contributed by atoms with Crippen LogP contribution in [0.15, 0.2) is 18.2 Å². The first-order chi connectivity index (χ1) is 8.56. The molecule has 0 heterocycles. The van der Waals surface area contributed by atoms with Crippen LogP contribution in [0.3, 0.4) is 0 Å². The highest BCUT2D eigenvalue weighted by Crippen LogP contribution is 2.20. The maximum atomic E-state index is 10.5. The molecule has 18 heavy (non-hydrogen) atoms.